The molecule has 0 saturated heterocycles. The number of carbonyl (C=O) groups excluding carboxylic acids is 1. The molecule has 0 unspecified atom stereocenters. The molecule has 3 nitrogen and oxygen atoms in total. The van der Waals surface area contributed by atoms with Crippen molar-refractivity contribution in [1.82, 2.24) is 4.90 Å². The molecule has 2 rings (SSSR count). The molecule has 0 aliphatic heterocycles. The highest BCUT2D eigenvalue weighted by atomic mass is 32.2. The van der Waals surface area contributed by atoms with Gasteiger partial charge in [0.05, 0.1) is 11.5 Å². The third-order valence-corrected chi connectivity index (χ3v) is 4.42. The largest absolute Gasteiger partial charge is 0.462 e. The predicted molar refractivity (Wildman–Crippen MR) is 105 cm³/mol. The zero-order valence-electron chi connectivity index (χ0n) is 14.8. The van der Waals surface area contributed by atoms with Gasteiger partial charge in [-0.2, -0.15) is 0 Å². The highest BCUT2D eigenvalue weighted by Crippen LogP contribution is 2.28. The predicted octanol–water partition coefficient (Wildman–Crippen LogP) is 4.83. The standard InChI is InChI=1S/C21H23NO2S/c1-4-24-21(23)20(25-18-13-9-6-10-14-18)16-15-19(22(2)3)17-11-7-5-8-12-17/h5-16H,4H2,1-3H3. The van der Waals surface area contributed by atoms with Crippen LogP contribution in [0.25, 0.3) is 5.70 Å². The van der Waals surface area contributed by atoms with Crippen molar-refractivity contribution in [3.8, 4) is 0 Å². The summed E-state index contributed by atoms with van der Waals surface area (Å²) < 4.78 is 5.20. The number of hydrogen-bond acceptors (Lipinski definition) is 4. The summed E-state index contributed by atoms with van der Waals surface area (Å²) in [4.78, 5) is 15.9. The first-order valence-electron chi connectivity index (χ1n) is 8.16. The van der Waals surface area contributed by atoms with Crippen molar-refractivity contribution in [3.05, 3.63) is 83.3 Å². The number of ether oxygens (including phenoxy) is 1. The molecule has 0 spiro atoms. The highest BCUT2D eigenvalue weighted by molar-refractivity contribution is 8.04. The fourth-order valence-corrected chi connectivity index (χ4v) is 3.05. The number of benzene rings is 2. The average molecular weight is 353 g/mol. The van der Waals surface area contributed by atoms with E-state index in [2.05, 4.69) is 0 Å². The van der Waals surface area contributed by atoms with Gasteiger partial charge in [-0.25, -0.2) is 4.79 Å². The zero-order chi connectivity index (χ0) is 18.1. The van der Waals surface area contributed by atoms with Gasteiger partial charge in [0.2, 0.25) is 0 Å². The van der Waals surface area contributed by atoms with E-state index in [-0.39, 0.29) is 5.97 Å². The average Bonchev–Trinajstić information content (AvgIpc) is 2.62. The number of carbonyl (C=O) groups is 1. The minimum atomic E-state index is -0.307. The molecule has 0 amide bonds. The van der Waals surface area contributed by atoms with Crippen molar-refractivity contribution in [2.24, 2.45) is 0 Å². The van der Waals surface area contributed by atoms with Gasteiger partial charge in [0.15, 0.2) is 0 Å². The molecule has 0 bridgehead atoms. The first-order chi connectivity index (χ1) is 12.1. The van der Waals surface area contributed by atoms with E-state index in [9.17, 15) is 4.79 Å². The molecule has 2 aromatic carbocycles. The molecule has 0 radical (unpaired) electrons. The quantitative estimate of drug-likeness (QED) is 0.309. The second-order valence-electron chi connectivity index (χ2n) is 5.48. The Morgan fingerprint density at radius 1 is 1.00 bits per heavy atom. The number of esters is 1. The maximum atomic E-state index is 12.3. The van der Waals surface area contributed by atoms with Gasteiger partial charge >= 0.3 is 5.97 Å². The fraction of sp³-hybridized carbons (Fsp3) is 0.190. The molecule has 2 aromatic rings. The summed E-state index contributed by atoms with van der Waals surface area (Å²) in [5, 5.41) is 0. The van der Waals surface area contributed by atoms with Crippen LogP contribution in [-0.4, -0.2) is 31.6 Å². The van der Waals surface area contributed by atoms with Crippen LogP contribution in [0.15, 0.2) is 82.6 Å². The summed E-state index contributed by atoms with van der Waals surface area (Å²) in [6.45, 7) is 2.17. The zero-order valence-corrected chi connectivity index (χ0v) is 15.6. The van der Waals surface area contributed by atoms with Crippen molar-refractivity contribution in [2.45, 2.75) is 11.8 Å². The lowest BCUT2D eigenvalue weighted by Gasteiger charge is -2.17. The summed E-state index contributed by atoms with van der Waals surface area (Å²) in [6.07, 6.45) is 3.79. The molecule has 0 aromatic heterocycles. The summed E-state index contributed by atoms with van der Waals surface area (Å²) in [6, 6.07) is 19.9. The monoisotopic (exact) mass is 353 g/mol. The van der Waals surface area contributed by atoms with Crippen molar-refractivity contribution in [2.75, 3.05) is 20.7 Å². The van der Waals surface area contributed by atoms with Crippen LogP contribution in [0.4, 0.5) is 0 Å². The van der Waals surface area contributed by atoms with Gasteiger partial charge in [-0.05, 0) is 36.8 Å². The molecular formula is C21H23NO2S. The lowest BCUT2D eigenvalue weighted by molar-refractivity contribution is -0.137. The van der Waals surface area contributed by atoms with Crippen LogP contribution in [0.3, 0.4) is 0 Å². The fourth-order valence-electron chi connectivity index (χ4n) is 2.23. The first kappa shape index (κ1) is 18.9. The molecule has 0 atom stereocenters. The number of rotatable bonds is 7. The maximum Gasteiger partial charge on any atom is 0.344 e. The van der Waals surface area contributed by atoms with Crippen LogP contribution < -0.4 is 0 Å². The van der Waals surface area contributed by atoms with E-state index in [1.165, 1.54) is 11.8 Å². The van der Waals surface area contributed by atoms with Gasteiger partial charge in [0, 0.05) is 24.7 Å². The van der Waals surface area contributed by atoms with E-state index in [1.807, 2.05) is 98.7 Å². The van der Waals surface area contributed by atoms with E-state index >= 15 is 0 Å². The maximum absolute atomic E-state index is 12.3. The van der Waals surface area contributed by atoms with Crippen molar-refractivity contribution in [3.63, 3.8) is 0 Å². The number of thioether (sulfide) groups is 1. The van der Waals surface area contributed by atoms with Crippen molar-refractivity contribution < 1.29 is 9.53 Å². The smallest absolute Gasteiger partial charge is 0.344 e. The topological polar surface area (TPSA) is 29.5 Å². The molecule has 0 fully saturated rings. The van der Waals surface area contributed by atoms with E-state index in [0.717, 1.165) is 16.2 Å². The third kappa shape index (κ3) is 5.84. The first-order valence-corrected chi connectivity index (χ1v) is 8.98. The van der Waals surface area contributed by atoms with Gasteiger partial charge in [-0.3, -0.25) is 0 Å². The van der Waals surface area contributed by atoms with Crippen LogP contribution in [-0.2, 0) is 9.53 Å². The second-order valence-corrected chi connectivity index (χ2v) is 6.59. The van der Waals surface area contributed by atoms with Crippen molar-refractivity contribution in [1.29, 1.82) is 0 Å². The van der Waals surface area contributed by atoms with Gasteiger partial charge in [0.25, 0.3) is 0 Å². The van der Waals surface area contributed by atoms with Crippen molar-refractivity contribution >= 4 is 23.4 Å². The normalized spacial score (nSPS) is 12.0. The minimum Gasteiger partial charge on any atom is -0.462 e. The summed E-state index contributed by atoms with van der Waals surface area (Å²) in [5.74, 6) is -0.307. The van der Waals surface area contributed by atoms with E-state index in [0.29, 0.717) is 11.5 Å². The Balaban J connectivity index is 2.35. The second kappa shape index (κ2) is 9.74. The lowest BCUT2D eigenvalue weighted by atomic mass is 10.1. The molecule has 0 heterocycles. The summed E-state index contributed by atoms with van der Waals surface area (Å²) >= 11 is 1.41. The van der Waals surface area contributed by atoms with E-state index in [4.69, 9.17) is 4.74 Å². The molecule has 25 heavy (non-hydrogen) atoms. The van der Waals surface area contributed by atoms with E-state index < -0.39 is 0 Å². The van der Waals surface area contributed by atoms with Crippen LogP contribution in [0.5, 0.6) is 0 Å². The van der Waals surface area contributed by atoms with Crippen LogP contribution in [0.1, 0.15) is 12.5 Å². The number of nitrogens with zero attached hydrogens (tertiary/aromatic N) is 1. The Morgan fingerprint density at radius 3 is 2.16 bits per heavy atom. The van der Waals surface area contributed by atoms with Gasteiger partial charge in [0.1, 0.15) is 0 Å². The number of allylic oxidation sites excluding steroid dienone is 2. The summed E-state index contributed by atoms with van der Waals surface area (Å²) in [7, 11) is 3.97. The molecule has 0 N–H and O–H groups in total. The highest BCUT2D eigenvalue weighted by Gasteiger charge is 2.12. The Kier molecular flexibility index (Phi) is 7.36. The number of hydrogen-bond donors (Lipinski definition) is 0. The Morgan fingerprint density at radius 2 is 1.60 bits per heavy atom. The van der Waals surface area contributed by atoms with Gasteiger partial charge in [-0.1, -0.05) is 60.3 Å². The minimum absolute atomic E-state index is 0.307. The Labute approximate surface area is 154 Å². The van der Waals surface area contributed by atoms with Crippen LogP contribution in [0, 0.1) is 0 Å². The Hall–Kier alpha value is -2.46. The molecule has 0 saturated carbocycles. The molecule has 0 aliphatic carbocycles. The van der Waals surface area contributed by atoms with E-state index in [1.54, 1.807) is 0 Å². The van der Waals surface area contributed by atoms with Crippen LogP contribution >= 0.6 is 11.8 Å². The third-order valence-electron chi connectivity index (χ3n) is 3.39. The summed E-state index contributed by atoms with van der Waals surface area (Å²) in [5.41, 5.74) is 2.12. The lowest BCUT2D eigenvalue weighted by Crippen LogP contribution is -2.10. The molecule has 130 valence electrons. The van der Waals surface area contributed by atoms with Crippen LogP contribution in [0.2, 0.25) is 0 Å². The van der Waals surface area contributed by atoms with Gasteiger partial charge < -0.3 is 9.64 Å². The SMILES string of the molecule is CCOC(=O)C(=CC=C(c1ccccc1)N(C)C)Sc1ccccc1. The Bertz CT molecular complexity index is 737. The molecular weight excluding hydrogens is 330 g/mol. The molecule has 0 aliphatic rings. The molecule has 4 heteroatoms. The van der Waals surface area contributed by atoms with Gasteiger partial charge in [-0.15, -0.1) is 0 Å².